The monoisotopic (exact) mass is 269 g/mol. The van der Waals surface area contributed by atoms with Crippen molar-refractivity contribution < 1.29 is 9.13 Å². The minimum atomic E-state index is -1.43. The first kappa shape index (κ1) is 13.1. The zero-order valence-electron chi connectivity index (χ0n) is 9.87. The molecule has 0 amide bonds. The molecule has 0 saturated carbocycles. The number of pyridine rings is 1. The summed E-state index contributed by atoms with van der Waals surface area (Å²) in [6.45, 7) is 0.923. The molecule has 0 aromatic carbocycles. The summed E-state index contributed by atoms with van der Waals surface area (Å²) in [5, 5.41) is 14.2. The smallest absolute Gasteiger partial charge is 0.303 e. The van der Waals surface area contributed by atoms with Gasteiger partial charge in [-0.25, -0.2) is 4.98 Å². The zero-order chi connectivity index (χ0) is 13.0. The van der Waals surface area contributed by atoms with Crippen LogP contribution in [0.25, 0.3) is 0 Å². The minimum Gasteiger partial charge on any atom is -0.313 e. The van der Waals surface area contributed by atoms with Gasteiger partial charge in [0, 0.05) is 24.1 Å². The fourth-order valence-corrected chi connectivity index (χ4v) is 3.39. The van der Waals surface area contributed by atoms with Crippen LogP contribution in [0.5, 0.6) is 0 Å². The molecule has 6 nitrogen and oxygen atoms in total. The zero-order valence-corrected chi connectivity index (χ0v) is 10.7. The molecule has 2 rings (SSSR count). The second-order valence-corrected chi connectivity index (χ2v) is 5.65. The molecule has 1 fully saturated rings. The van der Waals surface area contributed by atoms with E-state index < -0.39 is 15.7 Å². The van der Waals surface area contributed by atoms with Crippen molar-refractivity contribution in [3.05, 3.63) is 28.4 Å². The average Bonchev–Trinajstić information content (AvgIpc) is 2.40. The number of nitrogens with one attached hydrogen (secondary N) is 1. The van der Waals surface area contributed by atoms with E-state index in [-0.39, 0.29) is 16.8 Å². The van der Waals surface area contributed by atoms with Gasteiger partial charge in [0.2, 0.25) is 5.03 Å². The number of hydrogen-bond acceptors (Lipinski definition) is 5. The van der Waals surface area contributed by atoms with E-state index in [1.165, 1.54) is 18.3 Å². The van der Waals surface area contributed by atoms with Crippen LogP contribution in [0.1, 0.15) is 19.3 Å². The Balaban J connectivity index is 2.10. The average molecular weight is 269 g/mol. The molecule has 98 valence electrons. The topological polar surface area (TPSA) is 85.1 Å². The number of nitrogens with zero attached hydrogens (tertiary/aromatic N) is 2. The molecule has 1 aliphatic heterocycles. The highest BCUT2D eigenvalue weighted by Gasteiger charge is 2.23. The van der Waals surface area contributed by atoms with Gasteiger partial charge in [-0.1, -0.05) is 6.42 Å². The molecule has 1 aromatic heterocycles. The van der Waals surface area contributed by atoms with Crippen molar-refractivity contribution in [3.63, 3.8) is 0 Å². The fraction of sp³-hybridized carbons (Fsp3) is 0.545. The fourth-order valence-electron chi connectivity index (χ4n) is 2.02. The highest BCUT2D eigenvalue weighted by molar-refractivity contribution is 7.85. The molecule has 2 unspecified atom stereocenters. The molecule has 0 aliphatic carbocycles. The number of nitro groups is 1. The van der Waals surface area contributed by atoms with E-state index in [9.17, 15) is 14.3 Å². The Labute approximate surface area is 107 Å². The van der Waals surface area contributed by atoms with Crippen molar-refractivity contribution in [1.82, 2.24) is 10.3 Å². The molecular weight excluding hydrogens is 254 g/mol. The maximum absolute atomic E-state index is 12.1. The maximum Gasteiger partial charge on any atom is 0.303 e. The van der Waals surface area contributed by atoms with Gasteiger partial charge in [-0.2, -0.15) is 0 Å². The van der Waals surface area contributed by atoms with Crippen LogP contribution < -0.4 is 5.32 Å². The van der Waals surface area contributed by atoms with E-state index in [1.54, 1.807) is 0 Å². The molecule has 2 atom stereocenters. The summed E-state index contributed by atoms with van der Waals surface area (Å²) in [5.41, 5.74) is -0.161. The standard InChI is InChI=1S/C11H15N3O3S/c15-14(16)10-5-3-7-13-11(10)18(17)8-9-4-1-2-6-12-9/h3,5,7,9,12H,1-2,4,6,8H2. The van der Waals surface area contributed by atoms with E-state index in [0.29, 0.717) is 5.75 Å². The lowest BCUT2D eigenvalue weighted by molar-refractivity contribution is -0.388. The number of rotatable bonds is 4. The Kier molecular flexibility index (Phi) is 4.38. The van der Waals surface area contributed by atoms with E-state index in [2.05, 4.69) is 10.3 Å². The summed E-state index contributed by atoms with van der Waals surface area (Å²) in [6.07, 6.45) is 4.65. The van der Waals surface area contributed by atoms with E-state index in [0.717, 1.165) is 25.8 Å². The highest BCUT2D eigenvalue weighted by atomic mass is 32.2. The second kappa shape index (κ2) is 6.01. The molecule has 0 spiro atoms. The highest BCUT2D eigenvalue weighted by Crippen LogP contribution is 2.20. The van der Waals surface area contributed by atoms with Crippen LogP contribution in [0.15, 0.2) is 23.4 Å². The van der Waals surface area contributed by atoms with Gasteiger partial charge in [-0.05, 0) is 25.5 Å². The second-order valence-electron chi connectivity index (χ2n) is 4.24. The predicted octanol–water partition coefficient (Wildman–Crippen LogP) is 1.24. The van der Waals surface area contributed by atoms with Crippen LogP contribution in [0.2, 0.25) is 0 Å². The van der Waals surface area contributed by atoms with Crippen LogP contribution >= 0.6 is 0 Å². The lowest BCUT2D eigenvalue weighted by atomic mass is 10.1. The summed E-state index contributed by atoms with van der Waals surface area (Å²) in [7, 11) is -1.43. The first-order chi connectivity index (χ1) is 8.68. The van der Waals surface area contributed by atoms with Crippen molar-refractivity contribution in [2.75, 3.05) is 12.3 Å². The quantitative estimate of drug-likeness (QED) is 0.656. The lowest BCUT2D eigenvalue weighted by Crippen LogP contribution is -2.38. The molecule has 1 saturated heterocycles. The first-order valence-corrected chi connectivity index (χ1v) is 7.21. The third-order valence-corrected chi connectivity index (χ3v) is 4.38. The third kappa shape index (κ3) is 3.11. The van der Waals surface area contributed by atoms with Crippen molar-refractivity contribution in [3.8, 4) is 0 Å². The van der Waals surface area contributed by atoms with E-state index >= 15 is 0 Å². The van der Waals surface area contributed by atoms with Crippen LogP contribution in [-0.2, 0) is 10.8 Å². The summed E-state index contributed by atoms with van der Waals surface area (Å²) in [6, 6.07) is 2.99. The van der Waals surface area contributed by atoms with Gasteiger partial charge < -0.3 is 5.32 Å². The predicted molar refractivity (Wildman–Crippen MR) is 67.8 cm³/mol. The van der Waals surface area contributed by atoms with E-state index in [4.69, 9.17) is 0 Å². The molecule has 1 N–H and O–H groups in total. The molecule has 1 aliphatic rings. The molecule has 0 radical (unpaired) electrons. The summed E-state index contributed by atoms with van der Waals surface area (Å²) < 4.78 is 12.1. The summed E-state index contributed by atoms with van der Waals surface area (Å²) in [4.78, 5) is 14.2. The van der Waals surface area contributed by atoms with Crippen LogP contribution in [0.3, 0.4) is 0 Å². The van der Waals surface area contributed by atoms with Crippen molar-refractivity contribution in [2.24, 2.45) is 0 Å². The van der Waals surface area contributed by atoms with Crippen LogP contribution in [-0.4, -0.2) is 32.5 Å². The molecule has 0 bridgehead atoms. The first-order valence-electron chi connectivity index (χ1n) is 5.89. The normalized spacial score (nSPS) is 21.4. The molecule has 2 heterocycles. The van der Waals surface area contributed by atoms with Gasteiger partial charge in [-0.15, -0.1) is 0 Å². The van der Waals surface area contributed by atoms with Gasteiger partial charge in [0.05, 0.1) is 15.7 Å². The number of hydrogen-bond donors (Lipinski definition) is 1. The van der Waals surface area contributed by atoms with Gasteiger partial charge in [0.25, 0.3) is 0 Å². The van der Waals surface area contributed by atoms with Gasteiger partial charge >= 0.3 is 5.69 Å². The molecule has 1 aromatic rings. The van der Waals surface area contributed by atoms with Crippen LogP contribution in [0, 0.1) is 10.1 Å². The van der Waals surface area contributed by atoms with E-state index in [1.807, 2.05) is 0 Å². The lowest BCUT2D eigenvalue weighted by Gasteiger charge is -2.22. The van der Waals surface area contributed by atoms with Gasteiger partial charge in [-0.3, -0.25) is 14.3 Å². The molecule has 18 heavy (non-hydrogen) atoms. The van der Waals surface area contributed by atoms with Gasteiger partial charge in [0.15, 0.2) is 0 Å². The van der Waals surface area contributed by atoms with Crippen molar-refractivity contribution >= 4 is 16.5 Å². The summed E-state index contributed by atoms with van der Waals surface area (Å²) >= 11 is 0. The Hall–Kier alpha value is -1.34. The Bertz CT molecular complexity index is 461. The minimum absolute atomic E-state index is 0.0786. The third-order valence-electron chi connectivity index (χ3n) is 2.93. The Morgan fingerprint density at radius 3 is 3.06 bits per heavy atom. The van der Waals surface area contributed by atoms with Crippen molar-refractivity contribution in [1.29, 1.82) is 0 Å². The Morgan fingerprint density at radius 2 is 2.39 bits per heavy atom. The van der Waals surface area contributed by atoms with Gasteiger partial charge in [0.1, 0.15) is 0 Å². The molecular formula is C11H15N3O3S. The summed E-state index contributed by atoms with van der Waals surface area (Å²) in [5.74, 6) is 0.387. The maximum atomic E-state index is 12.1. The largest absolute Gasteiger partial charge is 0.313 e. The number of aromatic nitrogens is 1. The molecule has 7 heteroatoms. The SMILES string of the molecule is O=[N+]([O-])c1cccnc1S(=O)CC1CCCCN1. The number of piperidine rings is 1. The Morgan fingerprint density at radius 1 is 1.56 bits per heavy atom. The van der Waals surface area contributed by atoms with Crippen molar-refractivity contribution in [2.45, 2.75) is 30.3 Å². The van der Waals surface area contributed by atoms with Crippen LogP contribution in [0.4, 0.5) is 5.69 Å².